The van der Waals surface area contributed by atoms with Gasteiger partial charge in [0.1, 0.15) is 5.02 Å². The first-order chi connectivity index (χ1) is 15.5. The lowest BCUT2D eigenvalue weighted by Gasteiger charge is -2.36. The molecule has 2 aromatic heterocycles. The number of halogens is 1. The van der Waals surface area contributed by atoms with E-state index in [-0.39, 0.29) is 41.1 Å². The zero-order chi connectivity index (χ0) is 22.5. The lowest BCUT2D eigenvalue weighted by molar-refractivity contribution is -0.131. The van der Waals surface area contributed by atoms with E-state index >= 15 is 0 Å². The Morgan fingerprint density at radius 3 is 2.50 bits per heavy atom. The third kappa shape index (κ3) is 4.67. The quantitative estimate of drug-likeness (QED) is 0.609. The average Bonchev–Trinajstić information content (AvgIpc) is 3.37. The normalized spacial score (nSPS) is 13.8. The summed E-state index contributed by atoms with van der Waals surface area (Å²) in [7, 11) is 0. The number of piperazine rings is 1. The van der Waals surface area contributed by atoms with Gasteiger partial charge in [0.25, 0.3) is 11.5 Å². The van der Waals surface area contributed by atoms with Crippen LogP contribution in [0.15, 0.2) is 64.1 Å². The highest BCUT2D eigenvalue weighted by Crippen LogP contribution is 2.23. The molecule has 1 fully saturated rings. The van der Waals surface area contributed by atoms with Crippen molar-refractivity contribution in [2.45, 2.75) is 6.42 Å². The van der Waals surface area contributed by atoms with Crippen LogP contribution in [0, 0.1) is 0 Å². The molecular formula is C22H22ClN5O4. The van der Waals surface area contributed by atoms with Crippen LogP contribution < -0.4 is 15.8 Å². The number of para-hydroxylation sites is 1. The molecule has 1 N–H and O–H groups in total. The molecule has 0 radical (unpaired) electrons. The standard InChI is InChI=1S/C22H22ClN5O4/c23-20-17(15-25-28(22(20)31)16-5-2-1-3-6-16)26-10-12-27(13-11-26)19(29)8-9-24-21(30)18-7-4-14-32-18/h1-7,14-15H,8-13H2,(H,24,30). The van der Waals surface area contributed by atoms with Crippen LogP contribution in [0.25, 0.3) is 5.69 Å². The fraction of sp³-hybridized carbons (Fsp3) is 0.273. The lowest BCUT2D eigenvalue weighted by atomic mass is 10.2. The van der Waals surface area contributed by atoms with Crippen molar-refractivity contribution in [3.8, 4) is 5.69 Å². The van der Waals surface area contributed by atoms with Gasteiger partial charge in [0.05, 0.1) is 23.8 Å². The third-order valence-electron chi connectivity index (χ3n) is 5.24. The van der Waals surface area contributed by atoms with Crippen LogP contribution in [0.5, 0.6) is 0 Å². The summed E-state index contributed by atoms with van der Waals surface area (Å²) in [4.78, 5) is 40.7. The highest BCUT2D eigenvalue weighted by atomic mass is 35.5. The molecule has 3 heterocycles. The van der Waals surface area contributed by atoms with E-state index in [0.717, 1.165) is 0 Å². The predicted molar refractivity (Wildman–Crippen MR) is 119 cm³/mol. The van der Waals surface area contributed by atoms with E-state index in [1.165, 1.54) is 10.9 Å². The van der Waals surface area contributed by atoms with Crippen LogP contribution in [0.4, 0.5) is 5.69 Å². The number of rotatable bonds is 6. The number of aromatic nitrogens is 2. The van der Waals surface area contributed by atoms with Crippen molar-refractivity contribution >= 4 is 29.1 Å². The van der Waals surface area contributed by atoms with Gasteiger partial charge >= 0.3 is 0 Å². The van der Waals surface area contributed by atoms with Gasteiger partial charge in [-0.1, -0.05) is 29.8 Å². The molecule has 0 spiro atoms. The first-order valence-corrected chi connectivity index (χ1v) is 10.6. The average molecular weight is 456 g/mol. The Morgan fingerprint density at radius 2 is 1.81 bits per heavy atom. The van der Waals surface area contributed by atoms with E-state index < -0.39 is 0 Å². The number of nitrogens with one attached hydrogen (secondary N) is 1. The fourth-order valence-electron chi connectivity index (χ4n) is 3.53. The van der Waals surface area contributed by atoms with Crippen molar-refractivity contribution in [2.24, 2.45) is 0 Å². The summed E-state index contributed by atoms with van der Waals surface area (Å²) >= 11 is 6.38. The number of nitrogens with zero attached hydrogens (tertiary/aromatic N) is 4. The summed E-state index contributed by atoms with van der Waals surface area (Å²) < 4.78 is 6.29. The number of furan rings is 1. The first-order valence-electron chi connectivity index (χ1n) is 10.2. The smallest absolute Gasteiger partial charge is 0.292 e. The summed E-state index contributed by atoms with van der Waals surface area (Å²) in [6, 6.07) is 12.3. The number of carbonyl (C=O) groups excluding carboxylic acids is 2. The van der Waals surface area contributed by atoms with Gasteiger partial charge in [-0.15, -0.1) is 0 Å². The van der Waals surface area contributed by atoms with Gasteiger partial charge in [-0.25, -0.2) is 0 Å². The minimum Gasteiger partial charge on any atom is -0.459 e. The number of hydrogen-bond acceptors (Lipinski definition) is 6. The van der Waals surface area contributed by atoms with E-state index in [0.29, 0.717) is 37.6 Å². The molecule has 1 aromatic carbocycles. The predicted octanol–water partition coefficient (Wildman–Crippen LogP) is 1.95. The topological polar surface area (TPSA) is 101 Å². The Hall–Kier alpha value is -3.59. The summed E-state index contributed by atoms with van der Waals surface area (Å²) in [6.07, 6.45) is 3.20. The second kappa shape index (κ2) is 9.69. The first kappa shape index (κ1) is 21.6. The van der Waals surface area contributed by atoms with Gasteiger partial charge in [-0.05, 0) is 24.3 Å². The Bertz CT molecular complexity index is 1140. The largest absolute Gasteiger partial charge is 0.459 e. The van der Waals surface area contributed by atoms with Crippen LogP contribution >= 0.6 is 11.6 Å². The fourth-order valence-corrected chi connectivity index (χ4v) is 3.78. The van der Waals surface area contributed by atoms with E-state index in [2.05, 4.69) is 10.4 Å². The van der Waals surface area contributed by atoms with E-state index in [9.17, 15) is 14.4 Å². The maximum Gasteiger partial charge on any atom is 0.292 e. The number of amides is 2. The molecule has 0 bridgehead atoms. The van der Waals surface area contributed by atoms with Crippen LogP contribution in [-0.2, 0) is 4.79 Å². The highest BCUT2D eigenvalue weighted by molar-refractivity contribution is 6.33. The number of benzene rings is 1. The molecule has 1 aliphatic rings. The zero-order valence-corrected chi connectivity index (χ0v) is 18.0. The van der Waals surface area contributed by atoms with E-state index in [1.807, 2.05) is 23.1 Å². The number of anilines is 1. The van der Waals surface area contributed by atoms with Gasteiger partial charge in [0, 0.05) is 39.1 Å². The SMILES string of the molecule is O=C(NCCC(=O)N1CCN(c2cnn(-c3ccccc3)c(=O)c2Cl)CC1)c1ccco1. The summed E-state index contributed by atoms with van der Waals surface area (Å²) in [6.45, 7) is 2.26. The van der Waals surface area contributed by atoms with Gasteiger partial charge < -0.3 is 19.5 Å². The maximum atomic E-state index is 12.7. The van der Waals surface area contributed by atoms with Crippen molar-refractivity contribution < 1.29 is 14.0 Å². The molecule has 166 valence electrons. The van der Waals surface area contributed by atoms with E-state index in [4.69, 9.17) is 16.0 Å². The van der Waals surface area contributed by atoms with Gasteiger partial charge in [0.15, 0.2) is 5.76 Å². The third-order valence-corrected chi connectivity index (χ3v) is 5.60. The van der Waals surface area contributed by atoms with Gasteiger partial charge in [0.2, 0.25) is 5.91 Å². The minimum atomic E-state index is -0.388. The van der Waals surface area contributed by atoms with Crippen molar-refractivity contribution in [3.05, 3.63) is 76.1 Å². The van der Waals surface area contributed by atoms with Crippen molar-refractivity contribution in [3.63, 3.8) is 0 Å². The Labute approximate surface area is 189 Å². The summed E-state index contributed by atoms with van der Waals surface area (Å²) in [5, 5.41) is 7.04. The van der Waals surface area contributed by atoms with Crippen LogP contribution in [0.3, 0.4) is 0 Å². The number of hydrogen-bond donors (Lipinski definition) is 1. The summed E-state index contributed by atoms with van der Waals surface area (Å²) in [5.41, 5.74) is 0.809. The Morgan fingerprint density at radius 1 is 1.06 bits per heavy atom. The number of carbonyl (C=O) groups is 2. The van der Waals surface area contributed by atoms with Crippen LogP contribution in [-0.4, -0.2) is 59.2 Å². The van der Waals surface area contributed by atoms with Gasteiger partial charge in [-0.2, -0.15) is 9.78 Å². The van der Waals surface area contributed by atoms with Crippen LogP contribution in [0.1, 0.15) is 17.0 Å². The molecule has 0 unspecified atom stereocenters. The molecule has 10 heteroatoms. The monoisotopic (exact) mass is 455 g/mol. The van der Waals surface area contributed by atoms with Crippen molar-refractivity contribution in [2.75, 3.05) is 37.6 Å². The molecule has 32 heavy (non-hydrogen) atoms. The molecule has 4 rings (SSSR count). The minimum absolute atomic E-state index is 0.0480. The lowest BCUT2D eigenvalue weighted by Crippen LogP contribution is -2.49. The molecule has 1 saturated heterocycles. The second-order valence-electron chi connectivity index (χ2n) is 7.25. The maximum absolute atomic E-state index is 12.7. The molecule has 0 aliphatic carbocycles. The molecule has 1 aliphatic heterocycles. The molecule has 2 amide bonds. The van der Waals surface area contributed by atoms with Crippen molar-refractivity contribution in [1.29, 1.82) is 0 Å². The Kier molecular flexibility index (Phi) is 6.55. The second-order valence-corrected chi connectivity index (χ2v) is 7.63. The molecule has 9 nitrogen and oxygen atoms in total. The van der Waals surface area contributed by atoms with Crippen LogP contribution in [0.2, 0.25) is 5.02 Å². The molecule has 0 saturated carbocycles. The molecule has 0 atom stereocenters. The molecular weight excluding hydrogens is 434 g/mol. The van der Waals surface area contributed by atoms with E-state index in [1.54, 1.807) is 35.4 Å². The highest BCUT2D eigenvalue weighted by Gasteiger charge is 2.24. The van der Waals surface area contributed by atoms with Gasteiger partial charge in [-0.3, -0.25) is 14.4 Å². The Balaban J connectivity index is 1.31. The zero-order valence-electron chi connectivity index (χ0n) is 17.2. The van der Waals surface area contributed by atoms with Crippen molar-refractivity contribution in [1.82, 2.24) is 20.0 Å². The summed E-state index contributed by atoms with van der Waals surface area (Å²) in [5.74, 6) is -0.182. The molecule has 3 aromatic rings.